The van der Waals surface area contributed by atoms with Crippen molar-refractivity contribution < 1.29 is 39.5 Å². The van der Waals surface area contributed by atoms with E-state index in [1.807, 2.05) is 13.8 Å². The molecule has 0 aliphatic heterocycles. The van der Waals surface area contributed by atoms with E-state index in [2.05, 4.69) is 0 Å². The smallest absolute Gasteiger partial charge is 0.875 e. The molecular weight excluding hydrogens is 139 g/mol. The summed E-state index contributed by atoms with van der Waals surface area (Å²) in [5.74, 6) is 0.258. The van der Waals surface area contributed by atoms with E-state index < -0.39 is 0 Å². The Morgan fingerprint density at radius 3 is 2.40 bits per heavy atom. The van der Waals surface area contributed by atoms with Gasteiger partial charge in [-0.2, -0.15) is 0 Å². The Morgan fingerprint density at radius 1 is 1.60 bits per heavy atom. The van der Waals surface area contributed by atoms with E-state index in [0.717, 1.165) is 6.08 Å². The van der Waals surface area contributed by atoms with Gasteiger partial charge in [0.1, 0.15) is 6.29 Å². The number of carbonyl (C=O) groups excluding carboxylic acids is 1. The van der Waals surface area contributed by atoms with Gasteiger partial charge in [0.25, 0.3) is 0 Å². The molecule has 0 N–H and O–H groups in total. The summed E-state index contributed by atoms with van der Waals surface area (Å²) >= 11 is 0. The summed E-state index contributed by atoms with van der Waals surface area (Å²) in [7, 11) is 0. The van der Waals surface area contributed by atoms with Gasteiger partial charge in [-0.25, -0.2) is 0 Å². The molecule has 0 unspecified atom stereocenters. The second-order valence-corrected chi connectivity index (χ2v) is 2.37. The molecule has 10 heavy (non-hydrogen) atoms. The number of rotatable bonds is 3. The van der Waals surface area contributed by atoms with Crippen LogP contribution in [0.4, 0.5) is 0 Å². The molecule has 0 saturated heterocycles. The zero-order chi connectivity index (χ0) is 7.28. The fraction of sp³-hybridized carbons (Fsp3) is 0.571. The van der Waals surface area contributed by atoms with Crippen LogP contribution in [0, 0.1) is 5.92 Å². The van der Waals surface area contributed by atoms with Crippen LogP contribution in [-0.2, 0) is 4.79 Å². The summed E-state index contributed by atoms with van der Waals surface area (Å²) in [6.45, 7) is 3.88. The number of aldehydes is 1. The van der Waals surface area contributed by atoms with E-state index >= 15 is 0 Å². The van der Waals surface area contributed by atoms with Gasteiger partial charge < -0.3 is 5.11 Å². The van der Waals surface area contributed by atoms with Crippen molar-refractivity contribution in [3.8, 4) is 0 Å². The SMILES string of the molecule is CC(C)C/C([O-])=C/C=O.[Na+]. The zero-order valence-electron chi connectivity index (χ0n) is 6.76. The van der Waals surface area contributed by atoms with Crippen LogP contribution < -0.4 is 34.7 Å². The maximum atomic E-state index is 10.6. The largest absolute Gasteiger partial charge is 1.00 e. The van der Waals surface area contributed by atoms with E-state index in [4.69, 9.17) is 0 Å². The maximum Gasteiger partial charge on any atom is 1.00 e. The first kappa shape index (κ1) is 12.8. The van der Waals surface area contributed by atoms with E-state index in [1.165, 1.54) is 0 Å². The third-order valence-electron chi connectivity index (χ3n) is 0.863. The van der Waals surface area contributed by atoms with Gasteiger partial charge in [0, 0.05) is 0 Å². The molecule has 2 nitrogen and oxygen atoms in total. The average molecular weight is 150 g/mol. The molecule has 0 radical (unpaired) electrons. The van der Waals surface area contributed by atoms with Gasteiger partial charge in [0.05, 0.1) is 0 Å². The summed E-state index contributed by atoms with van der Waals surface area (Å²) < 4.78 is 0. The van der Waals surface area contributed by atoms with Crippen molar-refractivity contribution in [3.05, 3.63) is 11.8 Å². The van der Waals surface area contributed by atoms with Gasteiger partial charge in [0.2, 0.25) is 0 Å². The molecule has 0 aliphatic carbocycles. The van der Waals surface area contributed by atoms with Crippen LogP contribution in [0.1, 0.15) is 20.3 Å². The third kappa shape index (κ3) is 8.21. The van der Waals surface area contributed by atoms with Gasteiger partial charge in [0.15, 0.2) is 0 Å². The van der Waals surface area contributed by atoms with Crippen molar-refractivity contribution in [1.29, 1.82) is 0 Å². The normalized spacial score (nSPS) is 10.9. The Kier molecular flexibility index (Phi) is 9.40. The molecule has 0 saturated carbocycles. The first-order chi connectivity index (χ1) is 4.16. The fourth-order valence-corrected chi connectivity index (χ4v) is 0.546. The first-order valence-electron chi connectivity index (χ1n) is 2.98. The summed E-state index contributed by atoms with van der Waals surface area (Å²) in [6.07, 6.45) is 2.07. The summed E-state index contributed by atoms with van der Waals surface area (Å²) in [5, 5.41) is 10.6. The number of hydrogen-bond acceptors (Lipinski definition) is 2. The second kappa shape index (κ2) is 7.32. The molecule has 0 atom stereocenters. The predicted molar refractivity (Wildman–Crippen MR) is 33.6 cm³/mol. The molecular formula is C7H11NaO2. The van der Waals surface area contributed by atoms with Gasteiger partial charge >= 0.3 is 29.6 Å². The first-order valence-corrected chi connectivity index (χ1v) is 2.98. The minimum Gasteiger partial charge on any atom is -0.875 e. The summed E-state index contributed by atoms with van der Waals surface area (Å²) in [5.41, 5.74) is 0. The van der Waals surface area contributed by atoms with Gasteiger partial charge in [-0.3, -0.25) is 4.79 Å². The van der Waals surface area contributed by atoms with Crippen molar-refractivity contribution in [2.45, 2.75) is 20.3 Å². The molecule has 0 bridgehead atoms. The Bertz CT molecular complexity index is 119. The van der Waals surface area contributed by atoms with Crippen molar-refractivity contribution >= 4 is 6.29 Å². The van der Waals surface area contributed by atoms with Crippen LogP contribution in [-0.4, -0.2) is 6.29 Å². The van der Waals surface area contributed by atoms with Crippen LogP contribution in [0.25, 0.3) is 0 Å². The molecule has 52 valence electrons. The average Bonchev–Trinajstić information content (AvgIpc) is 1.63. The Morgan fingerprint density at radius 2 is 2.10 bits per heavy atom. The molecule has 3 heteroatoms. The monoisotopic (exact) mass is 150 g/mol. The molecule has 0 aromatic carbocycles. The number of allylic oxidation sites excluding steroid dienone is 2. The van der Waals surface area contributed by atoms with Crippen molar-refractivity contribution in [2.75, 3.05) is 0 Å². The molecule has 0 heterocycles. The minimum absolute atomic E-state index is 0. The van der Waals surface area contributed by atoms with Crippen LogP contribution in [0.5, 0.6) is 0 Å². The molecule has 0 rings (SSSR count). The topological polar surface area (TPSA) is 40.1 Å². The Balaban J connectivity index is 0. The van der Waals surface area contributed by atoms with Gasteiger partial charge in [-0.05, 0) is 18.4 Å². The summed E-state index contributed by atoms with van der Waals surface area (Å²) in [6, 6.07) is 0. The molecule has 0 aromatic heterocycles. The second-order valence-electron chi connectivity index (χ2n) is 2.37. The molecule has 0 spiro atoms. The number of hydrogen-bond donors (Lipinski definition) is 0. The van der Waals surface area contributed by atoms with Gasteiger partial charge in [-0.15, -0.1) is 5.76 Å². The van der Waals surface area contributed by atoms with Crippen molar-refractivity contribution in [3.63, 3.8) is 0 Å². The zero-order valence-corrected chi connectivity index (χ0v) is 8.76. The molecule has 0 fully saturated rings. The minimum atomic E-state index is -0.0833. The quantitative estimate of drug-likeness (QED) is 0.193. The molecule has 0 aliphatic rings. The third-order valence-corrected chi connectivity index (χ3v) is 0.863. The van der Waals surface area contributed by atoms with Crippen LogP contribution in [0.15, 0.2) is 11.8 Å². The van der Waals surface area contributed by atoms with E-state index in [-0.39, 0.29) is 35.3 Å². The van der Waals surface area contributed by atoms with Crippen molar-refractivity contribution in [2.24, 2.45) is 5.92 Å². The summed E-state index contributed by atoms with van der Waals surface area (Å²) in [4.78, 5) is 9.72. The maximum absolute atomic E-state index is 10.6. The number of carbonyl (C=O) groups is 1. The van der Waals surface area contributed by atoms with Crippen LogP contribution >= 0.6 is 0 Å². The van der Waals surface area contributed by atoms with E-state index in [0.29, 0.717) is 18.6 Å². The standard InChI is InChI=1S/C7H12O2.Na/c1-6(2)5-7(9)3-4-8;/h3-4,6,9H,5H2,1-2H3;/q;+1/p-1/b7-3-;. The Labute approximate surface area is 83.6 Å². The molecule has 0 aromatic rings. The molecule has 0 amide bonds. The van der Waals surface area contributed by atoms with Crippen molar-refractivity contribution in [1.82, 2.24) is 0 Å². The van der Waals surface area contributed by atoms with Crippen LogP contribution in [0.3, 0.4) is 0 Å². The van der Waals surface area contributed by atoms with E-state index in [9.17, 15) is 9.90 Å². The fourth-order valence-electron chi connectivity index (χ4n) is 0.546. The van der Waals surface area contributed by atoms with Crippen LogP contribution in [0.2, 0.25) is 0 Å². The predicted octanol–water partition coefficient (Wildman–Crippen LogP) is -2.52. The van der Waals surface area contributed by atoms with E-state index in [1.54, 1.807) is 0 Å². The van der Waals surface area contributed by atoms with Gasteiger partial charge in [-0.1, -0.05) is 13.8 Å². The Hall–Kier alpha value is 0.210.